The van der Waals surface area contributed by atoms with Gasteiger partial charge in [-0.1, -0.05) is 0 Å². The van der Waals surface area contributed by atoms with Crippen molar-refractivity contribution in [2.45, 2.75) is 11.3 Å². The van der Waals surface area contributed by atoms with Gasteiger partial charge in [0.2, 0.25) is 5.91 Å². The van der Waals surface area contributed by atoms with Gasteiger partial charge in [0.15, 0.2) is 21.3 Å². The van der Waals surface area contributed by atoms with Gasteiger partial charge in [-0.15, -0.1) is 0 Å². The van der Waals surface area contributed by atoms with Crippen LogP contribution in [0.5, 0.6) is 17.2 Å². The van der Waals surface area contributed by atoms with Gasteiger partial charge in [-0.05, 0) is 36.4 Å². The molecule has 2 aromatic rings. The number of ether oxygens (including phenoxy) is 3. The molecule has 0 atom stereocenters. The van der Waals surface area contributed by atoms with E-state index in [1.165, 1.54) is 19.2 Å². The van der Waals surface area contributed by atoms with Gasteiger partial charge >= 0.3 is 0 Å². The lowest BCUT2D eigenvalue weighted by Crippen LogP contribution is -2.18. The number of carbonyl (C=O) groups excluding carboxylic acids is 1. The Morgan fingerprint density at radius 1 is 1.08 bits per heavy atom. The van der Waals surface area contributed by atoms with Gasteiger partial charge in [0.05, 0.1) is 17.8 Å². The molecule has 1 aliphatic heterocycles. The second kappa shape index (κ2) is 7.65. The maximum Gasteiger partial charge on any atom is 0.225 e. The van der Waals surface area contributed by atoms with E-state index in [0.717, 1.165) is 0 Å². The number of fused-ring (bicyclic) bond motifs is 1. The summed E-state index contributed by atoms with van der Waals surface area (Å²) in [5.41, 5.74) is 0.529. The van der Waals surface area contributed by atoms with Crippen molar-refractivity contribution in [1.82, 2.24) is 0 Å². The summed E-state index contributed by atoms with van der Waals surface area (Å²) in [6, 6.07) is 11.1. The molecule has 1 N–H and O–H groups in total. The standard InChI is InChI=1S/C18H19NO6S/c1-23-14-3-5-15(6-4-14)26(21,22)11-8-18(20)19-13-2-7-16-17(12-13)25-10-9-24-16/h2-7,12H,8-11H2,1H3,(H,19,20). The van der Waals surface area contributed by atoms with Crippen LogP contribution in [0.25, 0.3) is 0 Å². The lowest BCUT2D eigenvalue weighted by atomic mass is 10.2. The second-order valence-electron chi connectivity index (χ2n) is 5.65. The molecule has 0 radical (unpaired) electrons. The van der Waals surface area contributed by atoms with E-state index in [1.54, 1.807) is 30.3 Å². The van der Waals surface area contributed by atoms with E-state index in [9.17, 15) is 13.2 Å². The van der Waals surface area contributed by atoms with Gasteiger partial charge in [0.25, 0.3) is 0 Å². The molecular weight excluding hydrogens is 358 g/mol. The molecule has 0 saturated heterocycles. The number of sulfone groups is 1. The summed E-state index contributed by atoms with van der Waals surface area (Å²) in [7, 11) is -2.04. The van der Waals surface area contributed by atoms with Crippen molar-refractivity contribution in [1.29, 1.82) is 0 Å². The molecular formula is C18H19NO6S. The summed E-state index contributed by atoms with van der Waals surface area (Å²) in [6.45, 7) is 0.937. The smallest absolute Gasteiger partial charge is 0.225 e. The van der Waals surface area contributed by atoms with Crippen LogP contribution in [0.4, 0.5) is 5.69 Å². The van der Waals surface area contributed by atoms with Gasteiger partial charge in [0, 0.05) is 18.2 Å². The van der Waals surface area contributed by atoms with E-state index >= 15 is 0 Å². The molecule has 3 rings (SSSR count). The zero-order chi connectivity index (χ0) is 18.6. The normalized spacial score (nSPS) is 13.1. The van der Waals surface area contributed by atoms with Crippen LogP contribution in [0, 0.1) is 0 Å². The molecule has 1 amide bonds. The van der Waals surface area contributed by atoms with Crippen molar-refractivity contribution in [2.75, 3.05) is 31.4 Å². The Labute approximate surface area is 151 Å². The fraction of sp³-hybridized carbons (Fsp3) is 0.278. The van der Waals surface area contributed by atoms with Crippen molar-refractivity contribution in [3.8, 4) is 17.2 Å². The molecule has 2 aromatic carbocycles. The summed E-state index contributed by atoms with van der Waals surface area (Å²) < 4.78 is 40.5. The summed E-state index contributed by atoms with van der Waals surface area (Å²) in [5, 5.41) is 2.68. The molecule has 0 bridgehead atoms. The third kappa shape index (κ3) is 4.26. The molecule has 7 nitrogen and oxygen atoms in total. The van der Waals surface area contributed by atoms with Crippen LogP contribution in [0.1, 0.15) is 6.42 Å². The van der Waals surface area contributed by atoms with Crippen LogP contribution < -0.4 is 19.5 Å². The molecule has 0 aromatic heterocycles. The molecule has 8 heteroatoms. The number of anilines is 1. The third-order valence-corrected chi connectivity index (χ3v) is 5.57. The minimum Gasteiger partial charge on any atom is -0.497 e. The van der Waals surface area contributed by atoms with Crippen molar-refractivity contribution in [2.24, 2.45) is 0 Å². The minimum absolute atomic E-state index is 0.150. The van der Waals surface area contributed by atoms with E-state index in [2.05, 4.69) is 5.32 Å². The fourth-order valence-corrected chi connectivity index (χ4v) is 3.71. The number of methoxy groups -OCH3 is 1. The van der Waals surface area contributed by atoms with Crippen molar-refractivity contribution in [3.05, 3.63) is 42.5 Å². The maximum atomic E-state index is 12.3. The van der Waals surface area contributed by atoms with Crippen LogP contribution >= 0.6 is 0 Å². The van der Waals surface area contributed by atoms with Crippen LogP contribution in [0.2, 0.25) is 0 Å². The van der Waals surface area contributed by atoms with Crippen LogP contribution in [0.3, 0.4) is 0 Å². The first-order valence-electron chi connectivity index (χ1n) is 8.04. The van der Waals surface area contributed by atoms with Crippen molar-refractivity contribution < 1.29 is 27.4 Å². The highest BCUT2D eigenvalue weighted by molar-refractivity contribution is 7.91. The molecule has 0 unspecified atom stereocenters. The van der Waals surface area contributed by atoms with Crippen LogP contribution in [0.15, 0.2) is 47.4 Å². The molecule has 138 valence electrons. The van der Waals surface area contributed by atoms with Gasteiger partial charge < -0.3 is 19.5 Å². The molecule has 0 aliphatic carbocycles. The molecule has 1 aliphatic rings. The lowest BCUT2D eigenvalue weighted by Gasteiger charge is -2.19. The lowest BCUT2D eigenvalue weighted by molar-refractivity contribution is -0.115. The van der Waals surface area contributed by atoms with E-state index in [4.69, 9.17) is 14.2 Å². The minimum atomic E-state index is -3.55. The quantitative estimate of drug-likeness (QED) is 0.830. The number of nitrogens with one attached hydrogen (secondary N) is 1. The number of amides is 1. The summed E-state index contributed by atoms with van der Waals surface area (Å²) in [5.74, 6) is 1.07. The highest BCUT2D eigenvalue weighted by atomic mass is 32.2. The average Bonchev–Trinajstić information content (AvgIpc) is 2.66. The first-order valence-corrected chi connectivity index (χ1v) is 9.69. The zero-order valence-corrected chi connectivity index (χ0v) is 15.0. The fourth-order valence-electron chi connectivity index (χ4n) is 2.47. The van der Waals surface area contributed by atoms with Crippen LogP contribution in [-0.4, -0.2) is 40.4 Å². The predicted molar refractivity (Wildman–Crippen MR) is 95.7 cm³/mol. The van der Waals surface area contributed by atoms with E-state index in [0.29, 0.717) is 36.1 Å². The van der Waals surface area contributed by atoms with E-state index in [1.807, 2.05) is 0 Å². The van der Waals surface area contributed by atoms with E-state index < -0.39 is 15.7 Å². The zero-order valence-electron chi connectivity index (χ0n) is 14.2. The molecule has 0 saturated carbocycles. The molecule has 26 heavy (non-hydrogen) atoms. The summed E-state index contributed by atoms with van der Waals surface area (Å²) >= 11 is 0. The third-order valence-electron chi connectivity index (χ3n) is 3.84. The number of hydrogen-bond donors (Lipinski definition) is 1. The molecule has 1 heterocycles. The highest BCUT2D eigenvalue weighted by Gasteiger charge is 2.17. The molecule has 0 fully saturated rings. The van der Waals surface area contributed by atoms with Crippen molar-refractivity contribution in [3.63, 3.8) is 0 Å². The number of benzene rings is 2. The SMILES string of the molecule is COc1ccc(S(=O)(=O)CCC(=O)Nc2ccc3c(c2)OCCO3)cc1. The largest absolute Gasteiger partial charge is 0.497 e. The highest BCUT2D eigenvalue weighted by Crippen LogP contribution is 2.32. The van der Waals surface area contributed by atoms with Gasteiger partial charge in [0.1, 0.15) is 19.0 Å². The Hall–Kier alpha value is -2.74. The second-order valence-corrected chi connectivity index (χ2v) is 7.76. The average molecular weight is 377 g/mol. The Morgan fingerprint density at radius 2 is 1.77 bits per heavy atom. The Balaban J connectivity index is 1.59. The van der Waals surface area contributed by atoms with Gasteiger partial charge in [-0.2, -0.15) is 0 Å². The Bertz CT molecular complexity index is 892. The number of rotatable bonds is 6. The van der Waals surface area contributed by atoms with Gasteiger partial charge in [-0.3, -0.25) is 4.79 Å². The van der Waals surface area contributed by atoms with Crippen LogP contribution in [-0.2, 0) is 14.6 Å². The Kier molecular flexibility index (Phi) is 5.32. The predicted octanol–water partition coefficient (Wildman–Crippen LogP) is 2.27. The number of hydrogen-bond acceptors (Lipinski definition) is 6. The summed E-state index contributed by atoms with van der Waals surface area (Å²) in [6.07, 6.45) is -0.150. The maximum absolute atomic E-state index is 12.3. The topological polar surface area (TPSA) is 90.9 Å². The Morgan fingerprint density at radius 3 is 2.46 bits per heavy atom. The van der Waals surface area contributed by atoms with Crippen molar-refractivity contribution >= 4 is 21.4 Å². The first-order chi connectivity index (χ1) is 12.5. The monoisotopic (exact) mass is 377 g/mol. The van der Waals surface area contributed by atoms with Gasteiger partial charge in [-0.25, -0.2) is 8.42 Å². The number of carbonyl (C=O) groups is 1. The summed E-state index contributed by atoms with van der Waals surface area (Å²) in [4.78, 5) is 12.2. The first kappa shape index (κ1) is 18.1. The van der Waals surface area contributed by atoms with E-state index in [-0.39, 0.29) is 17.1 Å². The molecule has 0 spiro atoms.